The van der Waals surface area contributed by atoms with Crippen LogP contribution in [-0.2, 0) is 11.3 Å². The van der Waals surface area contributed by atoms with Crippen molar-refractivity contribution in [3.63, 3.8) is 0 Å². The molecule has 0 saturated carbocycles. The summed E-state index contributed by atoms with van der Waals surface area (Å²) in [5, 5.41) is 2.92. The molecule has 2 heterocycles. The van der Waals surface area contributed by atoms with Gasteiger partial charge in [-0.1, -0.05) is 12.1 Å². The van der Waals surface area contributed by atoms with Crippen molar-refractivity contribution in [2.75, 3.05) is 22.6 Å². The van der Waals surface area contributed by atoms with Crippen LogP contribution in [0.15, 0.2) is 48.5 Å². The molecule has 31 heavy (non-hydrogen) atoms. The summed E-state index contributed by atoms with van der Waals surface area (Å²) >= 11 is 3.86. The number of thioether (sulfide) groups is 2. The first-order valence-corrected chi connectivity index (χ1v) is 11.7. The monoisotopic (exact) mass is 457 g/mol. The summed E-state index contributed by atoms with van der Waals surface area (Å²) in [4.78, 5) is 24.6. The second-order valence-corrected chi connectivity index (χ2v) is 9.41. The molecule has 1 saturated heterocycles. The molecule has 1 aromatic heterocycles. The van der Waals surface area contributed by atoms with Crippen LogP contribution in [-0.4, -0.2) is 32.4 Å². The van der Waals surface area contributed by atoms with Crippen molar-refractivity contribution < 1.29 is 13.9 Å². The van der Waals surface area contributed by atoms with Gasteiger partial charge in [-0.2, -0.15) is 15.0 Å². The first-order valence-electron chi connectivity index (χ1n) is 9.60. The van der Waals surface area contributed by atoms with Gasteiger partial charge < -0.3 is 15.8 Å². The predicted octanol–water partition coefficient (Wildman–Crippen LogP) is 4.56. The minimum absolute atomic E-state index is 0.0162. The van der Waals surface area contributed by atoms with E-state index in [2.05, 4.69) is 20.3 Å². The number of hydrogen-bond acceptors (Lipinski definition) is 9. The Morgan fingerprint density at radius 1 is 1.06 bits per heavy atom. The lowest BCUT2D eigenvalue weighted by Crippen LogP contribution is -2.11. The Labute approximate surface area is 187 Å². The van der Waals surface area contributed by atoms with Gasteiger partial charge in [-0.3, -0.25) is 0 Å². The van der Waals surface area contributed by atoms with Gasteiger partial charge in [0, 0.05) is 5.69 Å². The lowest BCUT2D eigenvalue weighted by Gasteiger charge is -2.21. The van der Waals surface area contributed by atoms with E-state index in [0.717, 1.165) is 11.5 Å². The number of rotatable bonds is 6. The van der Waals surface area contributed by atoms with Crippen molar-refractivity contribution in [1.29, 1.82) is 0 Å². The van der Waals surface area contributed by atoms with Gasteiger partial charge in [0.15, 0.2) is 12.4 Å². The summed E-state index contributed by atoms with van der Waals surface area (Å²) in [5.41, 5.74) is 7.98. The maximum absolute atomic E-state index is 13.0. The molecule has 0 spiro atoms. The summed E-state index contributed by atoms with van der Waals surface area (Å²) in [6.45, 7) is -0.153. The molecule has 1 aliphatic rings. The maximum atomic E-state index is 13.0. The average Bonchev–Trinajstić information content (AvgIpc) is 2.79. The van der Waals surface area contributed by atoms with Crippen molar-refractivity contribution in [2.45, 2.75) is 17.6 Å². The third kappa shape index (κ3) is 5.86. The summed E-state index contributed by atoms with van der Waals surface area (Å²) in [7, 11) is 0. The Bertz CT molecular complexity index is 1040. The van der Waals surface area contributed by atoms with Crippen LogP contribution in [0.5, 0.6) is 0 Å². The number of halogens is 1. The van der Waals surface area contributed by atoms with Gasteiger partial charge >= 0.3 is 5.97 Å². The normalized spacial score (nSPS) is 14.2. The quantitative estimate of drug-likeness (QED) is 0.516. The average molecular weight is 458 g/mol. The number of nitrogens with two attached hydrogens (primary N) is 1. The minimum atomic E-state index is -0.470. The van der Waals surface area contributed by atoms with E-state index in [4.69, 9.17) is 10.5 Å². The molecule has 0 radical (unpaired) electrons. The van der Waals surface area contributed by atoms with Crippen LogP contribution in [0.25, 0.3) is 0 Å². The van der Waals surface area contributed by atoms with E-state index in [0.29, 0.717) is 15.8 Å². The molecular weight excluding hydrogens is 437 g/mol. The van der Waals surface area contributed by atoms with Crippen molar-refractivity contribution in [1.82, 2.24) is 15.0 Å². The van der Waals surface area contributed by atoms with Crippen LogP contribution < -0.4 is 11.1 Å². The molecule has 10 heteroatoms. The molecule has 0 aliphatic carbocycles. The molecule has 7 nitrogen and oxygen atoms in total. The molecule has 4 rings (SSSR count). The summed E-state index contributed by atoms with van der Waals surface area (Å²) in [5.74, 6) is 1.87. The topological polar surface area (TPSA) is 103 Å². The van der Waals surface area contributed by atoms with E-state index < -0.39 is 5.97 Å². The van der Waals surface area contributed by atoms with Gasteiger partial charge in [0.1, 0.15) is 5.82 Å². The Morgan fingerprint density at radius 3 is 2.48 bits per heavy atom. The Kier molecular flexibility index (Phi) is 6.88. The number of aromatic nitrogens is 3. The second kappa shape index (κ2) is 9.97. The number of hydrogen-bond donors (Lipinski definition) is 2. The zero-order chi connectivity index (χ0) is 21.6. The van der Waals surface area contributed by atoms with Crippen LogP contribution in [0.3, 0.4) is 0 Å². The lowest BCUT2D eigenvalue weighted by atomic mass is 10.1. The zero-order valence-corrected chi connectivity index (χ0v) is 18.1. The molecule has 3 N–H and O–H groups in total. The highest BCUT2D eigenvalue weighted by molar-refractivity contribution is 8.16. The van der Waals surface area contributed by atoms with Gasteiger partial charge in [-0.25, -0.2) is 9.18 Å². The largest absolute Gasteiger partial charge is 0.454 e. The molecule has 1 fully saturated rings. The highest BCUT2D eigenvalue weighted by Gasteiger charge is 2.17. The van der Waals surface area contributed by atoms with Crippen molar-refractivity contribution >= 4 is 47.1 Å². The van der Waals surface area contributed by atoms with Crippen LogP contribution in [0.2, 0.25) is 0 Å². The first-order chi connectivity index (χ1) is 15.1. The third-order valence-electron chi connectivity index (χ3n) is 4.38. The van der Waals surface area contributed by atoms with E-state index in [9.17, 15) is 9.18 Å². The highest BCUT2D eigenvalue weighted by atomic mass is 32.2. The van der Waals surface area contributed by atoms with Crippen LogP contribution in [0.4, 0.5) is 22.0 Å². The standard InChI is InChI=1S/C21H20FN5O2S2/c22-15-6-8-16(9-7-15)24-21-26-17(25-20(23)27-21)12-29-18(28)13-2-4-14(5-3-13)19-30-10-1-11-31-19/h2-9,19H,1,10-12H2,(H3,23,24,25,26,27). The minimum Gasteiger partial charge on any atom is -0.454 e. The molecule has 0 unspecified atom stereocenters. The molecule has 3 aromatic rings. The predicted molar refractivity (Wildman–Crippen MR) is 122 cm³/mol. The Hall–Kier alpha value is -2.85. The zero-order valence-electron chi connectivity index (χ0n) is 16.5. The number of carbonyl (C=O) groups excluding carboxylic acids is 1. The van der Waals surface area contributed by atoms with Gasteiger partial charge in [-0.15, -0.1) is 23.5 Å². The van der Waals surface area contributed by atoms with E-state index in [1.54, 1.807) is 24.3 Å². The second-order valence-electron chi connectivity index (χ2n) is 6.69. The Balaban J connectivity index is 1.37. The summed E-state index contributed by atoms with van der Waals surface area (Å²) in [6.07, 6.45) is 1.24. The van der Waals surface area contributed by atoms with Gasteiger partial charge in [0.25, 0.3) is 0 Å². The number of ether oxygens (including phenoxy) is 1. The summed E-state index contributed by atoms with van der Waals surface area (Å²) in [6, 6.07) is 13.2. The van der Waals surface area contributed by atoms with E-state index in [-0.39, 0.29) is 30.1 Å². The highest BCUT2D eigenvalue weighted by Crippen LogP contribution is 2.43. The first kappa shape index (κ1) is 21.4. The number of carbonyl (C=O) groups is 1. The summed E-state index contributed by atoms with van der Waals surface area (Å²) < 4.78 is 18.8. The van der Waals surface area contributed by atoms with E-state index >= 15 is 0 Å². The van der Waals surface area contributed by atoms with E-state index in [1.165, 1.54) is 24.1 Å². The van der Waals surface area contributed by atoms with Crippen molar-refractivity contribution in [2.24, 2.45) is 0 Å². The van der Waals surface area contributed by atoms with Crippen LogP contribution >= 0.6 is 23.5 Å². The Morgan fingerprint density at radius 2 is 1.77 bits per heavy atom. The third-order valence-corrected chi connectivity index (χ3v) is 7.39. The fourth-order valence-corrected chi connectivity index (χ4v) is 5.79. The molecular formula is C21H20FN5O2S2. The van der Waals surface area contributed by atoms with Gasteiger partial charge in [0.05, 0.1) is 10.1 Å². The van der Waals surface area contributed by atoms with Crippen LogP contribution in [0.1, 0.15) is 32.7 Å². The van der Waals surface area contributed by atoms with Crippen LogP contribution in [0, 0.1) is 5.82 Å². The number of anilines is 3. The molecule has 1 aliphatic heterocycles. The molecule has 0 bridgehead atoms. The van der Waals surface area contributed by atoms with Crippen molar-refractivity contribution in [3.05, 3.63) is 71.3 Å². The fourth-order valence-electron chi connectivity index (χ4n) is 2.89. The number of nitrogens with one attached hydrogen (secondary N) is 1. The SMILES string of the molecule is Nc1nc(COC(=O)c2ccc(C3SCCCS3)cc2)nc(Nc2ccc(F)cc2)n1. The number of esters is 1. The lowest BCUT2D eigenvalue weighted by molar-refractivity contribution is 0.0462. The van der Waals surface area contributed by atoms with Gasteiger partial charge in [0.2, 0.25) is 11.9 Å². The van der Waals surface area contributed by atoms with Gasteiger partial charge in [-0.05, 0) is 59.9 Å². The molecule has 160 valence electrons. The molecule has 0 atom stereocenters. The number of nitrogen functional groups attached to an aromatic ring is 1. The van der Waals surface area contributed by atoms with Crippen molar-refractivity contribution in [3.8, 4) is 0 Å². The number of benzene rings is 2. The number of nitrogens with zero attached hydrogens (tertiary/aromatic N) is 3. The molecule has 0 amide bonds. The fraction of sp³-hybridized carbons (Fsp3) is 0.238. The molecule has 2 aromatic carbocycles. The smallest absolute Gasteiger partial charge is 0.338 e. The van der Waals surface area contributed by atoms with E-state index in [1.807, 2.05) is 35.7 Å². The maximum Gasteiger partial charge on any atom is 0.338 e.